The van der Waals surface area contributed by atoms with Crippen LogP contribution in [0.2, 0.25) is 5.02 Å². The molecule has 0 unspecified atom stereocenters. The third-order valence-corrected chi connectivity index (χ3v) is 4.09. The lowest BCUT2D eigenvalue weighted by Gasteiger charge is -2.11. The highest BCUT2D eigenvalue weighted by molar-refractivity contribution is 6.30. The zero-order chi connectivity index (χ0) is 19.2. The van der Waals surface area contributed by atoms with E-state index < -0.39 is 0 Å². The molecule has 0 radical (unpaired) electrons. The van der Waals surface area contributed by atoms with Crippen molar-refractivity contribution in [3.05, 3.63) is 65.1 Å². The molecular formula is C20H19ClN2O4. The average molecular weight is 387 g/mol. The molecule has 0 aliphatic heterocycles. The van der Waals surface area contributed by atoms with Crippen LogP contribution in [0.4, 0.5) is 0 Å². The number of rotatable bonds is 7. The zero-order valence-corrected chi connectivity index (χ0v) is 15.7. The van der Waals surface area contributed by atoms with Crippen molar-refractivity contribution >= 4 is 17.5 Å². The molecule has 1 aromatic heterocycles. The summed E-state index contributed by atoms with van der Waals surface area (Å²) in [5, 5.41) is 3.39. The number of methoxy groups -OCH3 is 1. The molecule has 0 aliphatic carbocycles. The number of benzene rings is 2. The van der Waals surface area contributed by atoms with Crippen LogP contribution in [0, 0.1) is 0 Å². The van der Waals surface area contributed by atoms with Gasteiger partial charge in [0, 0.05) is 17.1 Å². The fraction of sp³-hybridized carbons (Fsp3) is 0.200. The minimum atomic E-state index is -0.341. The van der Waals surface area contributed by atoms with Gasteiger partial charge in [0.05, 0.1) is 13.7 Å². The number of nitrogens with zero attached hydrogens (tertiary/aromatic N) is 1. The Bertz CT molecular complexity index is 939. The highest BCUT2D eigenvalue weighted by Crippen LogP contribution is 2.28. The second kappa shape index (κ2) is 8.60. The molecule has 1 N–H and O–H groups in total. The molecule has 27 heavy (non-hydrogen) atoms. The van der Waals surface area contributed by atoms with E-state index >= 15 is 0 Å². The van der Waals surface area contributed by atoms with E-state index in [1.54, 1.807) is 31.4 Å². The van der Waals surface area contributed by atoms with Crippen LogP contribution in [-0.2, 0) is 6.54 Å². The molecule has 1 heterocycles. The Morgan fingerprint density at radius 2 is 2.07 bits per heavy atom. The number of hydrogen-bond donors (Lipinski definition) is 1. The Hall–Kier alpha value is -2.99. The highest BCUT2D eigenvalue weighted by Gasteiger charge is 2.18. The van der Waals surface area contributed by atoms with Crippen LogP contribution in [0.5, 0.6) is 11.5 Å². The van der Waals surface area contributed by atoms with E-state index in [0.29, 0.717) is 41.0 Å². The number of amides is 1. The fourth-order valence-corrected chi connectivity index (χ4v) is 2.80. The maximum absolute atomic E-state index is 12.6. The second-order valence-corrected chi connectivity index (χ2v) is 6.08. The molecule has 3 rings (SSSR count). The number of hydrogen-bond acceptors (Lipinski definition) is 5. The molecule has 0 atom stereocenters. The number of oxazole rings is 1. The van der Waals surface area contributed by atoms with Gasteiger partial charge in [-0.05, 0) is 36.8 Å². The van der Waals surface area contributed by atoms with Gasteiger partial charge in [-0.1, -0.05) is 29.8 Å². The molecule has 0 spiro atoms. The third kappa shape index (κ3) is 4.41. The van der Waals surface area contributed by atoms with E-state index in [-0.39, 0.29) is 11.6 Å². The molecule has 1 amide bonds. The number of aromatic nitrogens is 1. The summed E-state index contributed by atoms with van der Waals surface area (Å²) in [5.41, 5.74) is 1.76. The molecule has 7 heteroatoms. The largest absolute Gasteiger partial charge is 0.493 e. The Morgan fingerprint density at radius 3 is 2.81 bits per heavy atom. The van der Waals surface area contributed by atoms with Crippen molar-refractivity contribution in [3.63, 3.8) is 0 Å². The summed E-state index contributed by atoms with van der Waals surface area (Å²) in [6.45, 7) is 2.76. The van der Waals surface area contributed by atoms with Crippen molar-refractivity contribution in [1.82, 2.24) is 10.3 Å². The van der Waals surface area contributed by atoms with Crippen molar-refractivity contribution in [3.8, 4) is 22.8 Å². The minimum absolute atomic E-state index is 0.204. The first-order valence-electron chi connectivity index (χ1n) is 8.39. The van der Waals surface area contributed by atoms with Crippen LogP contribution < -0.4 is 14.8 Å². The van der Waals surface area contributed by atoms with Crippen LogP contribution in [0.15, 0.2) is 53.3 Å². The molecule has 0 saturated heterocycles. The van der Waals surface area contributed by atoms with Gasteiger partial charge < -0.3 is 19.2 Å². The first-order chi connectivity index (χ1) is 13.1. The smallest absolute Gasteiger partial charge is 0.274 e. The minimum Gasteiger partial charge on any atom is -0.493 e. The maximum atomic E-state index is 12.6. The van der Waals surface area contributed by atoms with E-state index in [1.807, 2.05) is 25.1 Å². The van der Waals surface area contributed by atoms with Crippen LogP contribution >= 0.6 is 11.6 Å². The Balaban J connectivity index is 1.73. The summed E-state index contributed by atoms with van der Waals surface area (Å²) in [6, 6.07) is 12.6. The second-order valence-electron chi connectivity index (χ2n) is 5.64. The molecule has 0 aliphatic rings. The van der Waals surface area contributed by atoms with Gasteiger partial charge in [-0.25, -0.2) is 4.98 Å². The number of ether oxygens (including phenoxy) is 2. The normalized spacial score (nSPS) is 10.5. The molecule has 2 aromatic carbocycles. The van der Waals surface area contributed by atoms with E-state index in [0.717, 1.165) is 5.56 Å². The van der Waals surface area contributed by atoms with Gasteiger partial charge in [-0.2, -0.15) is 0 Å². The molecule has 6 nitrogen and oxygen atoms in total. The molecule has 3 aromatic rings. The number of carbonyl (C=O) groups excluding carboxylic acids is 1. The van der Waals surface area contributed by atoms with Crippen molar-refractivity contribution in [2.45, 2.75) is 13.5 Å². The summed E-state index contributed by atoms with van der Waals surface area (Å²) in [6.07, 6.45) is 1.24. The van der Waals surface area contributed by atoms with Crippen molar-refractivity contribution in [2.24, 2.45) is 0 Å². The molecular weight excluding hydrogens is 368 g/mol. The van der Waals surface area contributed by atoms with Gasteiger partial charge >= 0.3 is 0 Å². The number of halogens is 1. The predicted octanol–water partition coefficient (Wildman–Crippen LogP) is 4.33. The molecule has 140 valence electrons. The van der Waals surface area contributed by atoms with E-state index in [2.05, 4.69) is 10.3 Å². The third-order valence-electron chi connectivity index (χ3n) is 3.85. The summed E-state index contributed by atoms with van der Waals surface area (Å²) in [5.74, 6) is 1.31. The number of nitrogens with one attached hydrogen (secondary N) is 1. The van der Waals surface area contributed by atoms with Crippen LogP contribution in [0.25, 0.3) is 11.3 Å². The van der Waals surface area contributed by atoms with Crippen LogP contribution in [0.1, 0.15) is 23.0 Å². The summed E-state index contributed by atoms with van der Waals surface area (Å²) in [7, 11) is 1.58. The van der Waals surface area contributed by atoms with Gasteiger partial charge in [0.1, 0.15) is 0 Å². The quantitative estimate of drug-likeness (QED) is 0.654. The Morgan fingerprint density at radius 1 is 1.22 bits per heavy atom. The van der Waals surface area contributed by atoms with E-state index in [9.17, 15) is 4.79 Å². The van der Waals surface area contributed by atoms with Gasteiger partial charge in [-0.15, -0.1) is 0 Å². The lowest BCUT2D eigenvalue weighted by Crippen LogP contribution is -2.23. The van der Waals surface area contributed by atoms with Crippen molar-refractivity contribution < 1.29 is 18.7 Å². The monoisotopic (exact) mass is 386 g/mol. The SMILES string of the molecule is CCOc1ccc(CNC(=O)c2ncoc2-c2cccc(Cl)c2)cc1OC. The lowest BCUT2D eigenvalue weighted by atomic mass is 10.1. The van der Waals surface area contributed by atoms with Crippen LogP contribution in [0.3, 0.4) is 0 Å². The van der Waals surface area contributed by atoms with Crippen LogP contribution in [-0.4, -0.2) is 24.6 Å². The first-order valence-corrected chi connectivity index (χ1v) is 8.77. The van der Waals surface area contributed by atoms with Gasteiger partial charge in [-0.3, -0.25) is 4.79 Å². The van der Waals surface area contributed by atoms with E-state index in [4.69, 9.17) is 25.5 Å². The Kier molecular flexibility index (Phi) is 5.98. The van der Waals surface area contributed by atoms with Gasteiger partial charge in [0.25, 0.3) is 5.91 Å². The predicted molar refractivity (Wildman–Crippen MR) is 102 cm³/mol. The van der Waals surface area contributed by atoms with Gasteiger partial charge in [0.15, 0.2) is 29.3 Å². The van der Waals surface area contributed by atoms with E-state index in [1.165, 1.54) is 6.39 Å². The molecule has 0 bridgehead atoms. The number of carbonyl (C=O) groups is 1. The van der Waals surface area contributed by atoms with Gasteiger partial charge in [0.2, 0.25) is 0 Å². The first kappa shape index (κ1) is 18.8. The molecule has 0 fully saturated rings. The topological polar surface area (TPSA) is 73.6 Å². The Labute approximate surface area is 162 Å². The van der Waals surface area contributed by atoms with Crippen molar-refractivity contribution in [1.29, 1.82) is 0 Å². The maximum Gasteiger partial charge on any atom is 0.274 e. The summed E-state index contributed by atoms with van der Waals surface area (Å²) >= 11 is 6.01. The standard InChI is InChI=1S/C20H19ClN2O4/c1-3-26-16-8-7-13(9-17(16)25-2)11-22-20(24)18-19(27-12-23-18)14-5-4-6-15(21)10-14/h4-10,12H,3,11H2,1-2H3,(H,22,24). The summed E-state index contributed by atoms with van der Waals surface area (Å²) < 4.78 is 16.2. The average Bonchev–Trinajstić information content (AvgIpc) is 3.17. The lowest BCUT2D eigenvalue weighted by molar-refractivity contribution is 0.0946. The highest BCUT2D eigenvalue weighted by atomic mass is 35.5. The summed E-state index contributed by atoms with van der Waals surface area (Å²) in [4.78, 5) is 16.6. The molecule has 0 saturated carbocycles. The zero-order valence-electron chi connectivity index (χ0n) is 15.0. The fourth-order valence-electron chi connectivity index (χ4n) is 2.61. The van der Waals surface area contributed by atoms with Crippen molar-refractivity contribution in [2.75, 3.05) is 13.7 Å².